The minimum absolute atomic E-state index is 0.0578. The van der Waals surface area contributed by atoms with E-state index < -0.39 is 29.6 Å². The van der Waals surface area contributed by atoms with Crippen LogP contribution in [0.15, 0.2) is 84.9 Å². The lowest BCUT2D eigenvalue weighted by Gasteiger charge is -2.21. The lowest BCUT2D eigenvalue weighted by Crippen LogP contribution is -2.46. The predicted molar refractivity (Wildman–Crippen MR) is 104 cm³/mol. The Balaban J connectivity index is 1.89. The fourth-order valence-electron chi connectivity index (χ4n) is 2.69. The van der Waals surface area contributed by atoms with Crippen molar-refractivity contribution in [3.63, 3.8) is 0 Å². The van der Waals surface area contributed by atoms with Gasteiger partial charge in [-0.15, -0.1) is 0 Å². The lowest BCUT2D eigenvalue weighted by atomic mass is 10.1. The van der Waals surface area contributed by atoms with E-state index in [1.165, 1.54) is 12.1 Å². The van der Waals surface area contributed by atoms with Crippen molar-refractivity contribution in [2.75, 3.05) is 5.32 Å². The maximum absolute atomic E-state index is 13.0. The van der Waals surface area contributed by atoms with Crippen LogP contribution >= 0.6 is 0 Å². The van der Waals surface area contributed by atoms with Crippen LogP contribution in [0.1, 0.15) is 26.3 Å². The third-order valence-corrected chi connectivity index (χ3v) is 4.13. The summed E-state index contributed by atoms with van der Waals surface area (Å²) in [5.41, 5.74) is -0.167. The van der Waals surface area contributed by atoms with Gasteiger partial charge >= 0.3 is 6.18 Å². The normalized spacial score (nSPS) is 12.1. The first-order valence-corrected chi connectivity index (χ1v) is 8.73. The molecule has 1 amide bonds. The number of rotatable bonds is 6. The van der Waals surface area contributed by atoms with Crippen molar-refractivity contribution in [2.24, 2.45) is 0 Å². The Morgan fingerprint density at radius 1 is 0.759 bits per heavy atom. The summed E-state index contributed by atoms with van der Waals surface area (Å²) in [5, 5.41) is 5.27. The molecule has 0 fully saturated rings. The molecule has 3 rings (SSSR count). The number of Topliss-reactive ketones (excluding diaryl/α,β-unsaturated/α-hetero) is 1. The van der Waals surface area contributed by atoms with Crippen LogP contribution in [-0.2, 0) is 6.18 Å². The molecule has 0 heterocycles. The molecule has 29 heavy (non-hydrogen) atoms. The van der Waals surface area contributed by atoms with Gasteiger partial charge in [0.1, 0.15) is 0 Å². The summed E-state index contributed by atoms with van der Waals surface area (Å²) < 4.78 is 39.0. The molecule has 0 aliphatic carbocycles. The summed E-state index contributed by atoms with van der Waals surface area (Å²) in [4.78, 5) is 25.4. The van der Waals surface area contributed by atoms with Crippen LogP contribution in [0, 0.1) is 0 Å². The number of ketones is 1. The van der Waals surface area contributed by atoms with Gasteiger partial charge in [-0.1, -0.05) is 54.6 Å². The summed E-state index contributed by atoms with van der Waals surface area (Å²) in [6.45, 7) is 0. The van der Waals surface area contributed by atoms with E-state index in [-0.39, 0.29) is 5.69 Å². The van der Waals surface area contributed by atoms with E-state index in [9.17, 15) is 22.8 Å². The van der Waals surface area contributed by atoms with Gasteiger partial charge in [-0.05, 0) is 30.3 Å². The highest BCUT2D eigenvalue weighted by atomic mass is 19.4. The third-order valence-electron chi connectivity index (χ3n) is 4.13. The fraction of sp³-hybridized carbons (Fsp3) is 0.0909. The van der Waals surface area contributed by atoms with Crippen LogP contribution in [0.3, 0.4) is 0 Å². The van der Waals surface area contributed by atoms with Crippen molar-refractivity contribution < 1.29 is 22.8 Å². The average molecular weight is 398 g/mol. The number of alkyl halides is 3. The van der Waals surface area contributed by atoms with Crippen molar-refractivity contribution >= 4 is 17.4 Å². The molecule has 2 N–H and O–H groups in total. The molecule has 3 aromatic rings. The Morgan fingerprint density at radius 3 is 1.93 bits per heavy atom. The van der Waals surface area contributed by atoms with Crippen LogP contribution in [0.2, 0.25) is 0 Å². The number of hydrogen-bond donors (Lipinski definition) is 2. The van der Waals surface area contributed by atoms with E-state index >= 15 is 0 Å². The molecule has 4 nitrogen and oxygen atoms in total. The molecule has 0 aliphatic rings. The average Bonchev–Trinajstić information content (AvgIpc) is 2.73. The number of nitrogens with one attached hydrogen (secondary N) is 2. The standard InChI is InChI=1S/C22H17F3N2O2/c23-22(24,25)17-12-7-13-18(14-17)26-20(19(28)15-8-3-1-4-9-15)27-21(29)16-10-5-2-6-11-16/h1-14,20,26H,(H,27,29)/t20-/m1/s1. The Hall–Kier alpha value is -3.61. The Kier molecular flexibility index (Phi) is 5.97. The smallest absolute Gasteiger partial charge is 0.359 e. The second-order valence-corrected chi connectivity index (χ2v) is 6.23. The van der Waals surface area contributed by atoms with Gasteiger partial charge in [0.05, 0.1) is 5.56 Å². The predicted octanol–water partition coefficient (Wildman–Crippen LogP) is 4.76. The van der Waals surface area contributed by atoms with Crippen LogP contribution in [0.25, 0.3) is 0 Å². The largest absolute Gasteiger partial charge is 0.416 e. The van der Waals surface area contributed by atoms with Gasteiger partial charge in [0, 0.05) is 16.8 Å². The van der Waals surface area contributed by atoms with Crippen molar-refractivity contribution in [2.45, 2.75) is 12.3 Å². The number of carbonyl (C=O) groups excluding carboxylic acids is 2. The van der Waals surface area contributed by atoms with Gasteiger partial charge < -0.3 is 10.6 Å². The van der Waals surface area contributed by atoms with Gasteiger partial charge in [0.15, 0.2) is 6.17 Å². The first-order chi connectivity index (χ1) is 13.8. The van der Waals surface area contributed by atoms with Gasteiger partial charge in [-0.3, -0.25) is 9.59 Å². The van der Waals surface area contributed by atoms with E-state index in [1.54, 1.807) is 60.7 Å². The van der Waals surface area contributed by atoms with E-state index in [0.717, 1.165) is 12.1 Å². The molecule has 3 aromatic carbocycles. The zero-order valence-corrected chi connectivity index (χ0v) is 15.1. The van der Waals surface area contributed by atoms with Crippen LogP contribution in [-0.4, -0.2) is 17.9 Å². The summed E-state index contributed by atoms with van der Waals surface area (Å²) >= 11 is 0. The number of anilines is 1. The summed E-state index contributed by atoms with van der Waals surface area (Å²) in [6, 6.07) is 20.9. The number of benzene rings is 3. The van der Waals surface area contributed by atoms with Crippen LogP contribution < -0.4 is 10.6 Å². The highest BCUT2D eigenvalue weighted by Gasteiger charge is 2.31. The molecule has 0 spiro atoms. The topological polar surface area (TPSA) is 58.2 Å². The Bertz CT molecular complexity index is 990. The van der Waals surface area contributed by atoms with Crippen molar-refractivity contribution in [3.8, 4) is 0 Å². The number of halogens is 3. The van der Waals surface area contributed by atoms with E-state index in [2.05, 4.69) is 10.6 Å². The highest BCUT2D eigenvalue weighted by molar-refractivity contribution is 6.05. The quantitative estimate of drug-likeness (QED) is 0.465. The molecule has 0 saturated carbocycles. The molecule has 0 bridgehead atoms. The minimum atomic E-state index is -4.52. The molecule has 0 radical (unpaired) electrons. The zero-order valence-electron chi connectivity index (χ0n) is 15.1. The third kappa shape index (κ3) is 5.22. The molecule has 148 valence electrons. The second-order valence-electron chi connectivity index (χ2n) is 6.23. The summed E-state index contributed by atoms with van der Waals surface area (Å²) in [6.07, 6.45) is -5.78. The lowest BCUT2D eigenvalue weighted by molar-refractivity contribution is -0.137. The monoisotopic (exact) mass is 398 g/mol. The molecular weight excluding hydrogens is 381 g/mol. The number of hydrogen-bond acceptors (Lipinski definition) is 3. The Labute approximate surface area is 165 Å². The first-order valence-electron chi connectivity index (χ1n) is 8.73. The highest BCUT2D eigenvalue weighted by Crippen LogP contribution is 2.30. The SMILES string of the molecule is O=C(N[C@@H](Nc1cccc(C(F)(F)F)c1)C(=O)c1ccccc1)c1ccccc1. The number of amides is 1. The van der Waals surface area contributed by atoms with Crippen LogP contribution in [0.5, 0.6) is 0 Å². The zero-order chi connectivity index (χ0) is 20.9. The minimum Gasteiger partial charge on any atom is -0.359 e. The van der Waals surface area contributed by atoms with Crippen molar-refractivity contribution in [1.82, 2.24) is 5.32 Å². The molecule has 0 unspecified atom stereocenters. The second kappa shape index (κ2) is 8.60. The maximum atomic E-state index is 13.0. The van der Waals surface area contributed by atoms with E-state index in [0.29, 0.717) is 11.1 Å². The molecule has 7 heteroatoms. The van der Waals surface area contributed by atoms with Crippen molar-refractivity contribution in [3.05, 3.63) is 102 Å². The van der Waals surface area contributed by atoms with E-state index in [4.69, 9.17) is 0 Å². The van der Waals surface area contributed by atoms with Gasteiger partial charge in [-0.2, -0.15) is 13.2 Å². The van der Waals surface area contributed by atoms with Gasteiger partial charge in [-0.25, -0.2) is 0 Å². The van der Waals surface area contributed by atoms with E-state index in [1.807, 2.05) is 0 Å². The number of carbonyl (C=O) groups is 2. The molecule has 0 saturated heterocycles. The van der Waals surface area contributed by atoms with Gasteiger partial charge in [0.25, 0.3) is 5.91 Å². The Morgan fingerprint density at radius 2 is 1.34 bits per heavy atom. The molecule has 0 aliphatic heterocycles. The van der Waals surface area contributed by atoms with Crippen molar-refractivity contribution in [1.29, 1.82) is 0 Å². The fourth-order valence-corrected chi connectivity index (χ4v) is 2.69. The summed E-state index contributed by atoms with van der Waals surface area (Å²) in [7, 11) is 0. The maximum Gasteiger partial charge on any atom is 0.416 e. The first kappa shape index (κ1) is 20.1. The molecule has 1 atom stereocenters. The van der Waals surface area contributed by atoms with Crippen LogP contribution in [0.4, 0.5) is 18.9 Å². The molecule has 0 aromatic heterocycles. The summed E-state index contributed by atoms with van der Waals surface area (Å²) in [5.74, 6) is -1.01. The van der Waals surface area contributed by atoms with Gasteiger partial charge in [0.2, 0.25) is 5.78 Å². The molecular formula is C22H17F3N2O2.